The largest absolute Gasteiger partial charge is 0.379 e. The van der Waals surface area contributed by atoms with Crippen LogP contribution in [0.1, 0.15) is 19.8 Å². The van der Waals surface area contributed by atoms with E-state index in [-0.39, 0.29) is 5.54 Å². The number of hydrogen-bond acceptors (Lipinski definition) is 4. The van der Waals surface area contributed by atoms with Crippen LogP contribution in [0.15, 0.2) is 0 Å². The van der Waals surface area contributed by atoms with E-state index < -0.39 is 0 Å². The normalized spacial score (nSPS) is 32.8. The summed E-state index contributed by atoms with van der Waals surface area (Å²) in [7, 11) is 0. The standard InChI is InChI=1S/C12H25N3O/c1-12(3-10-16-11-12)14-6-9-15-7-2-4-13-5-8-15/h13-14H,2-11H2,1H3. The molecule has 94 valence electrons. The second-order valence-electron chi connectivity index (χ2n) is 5.24. The first kappa shape index (κ1) is 12.3. The van der Waals surface area contributed by atoms with Gasteiger partial charge >= 0.3 is 0 Å². The summed E-state index contributed by atoms with van der Waals surface area (Å²) in [6, 6.07) is 0. The van der Waals surface area contributed by atoms with Crippen molar-refractivity contribution in [3.63, 3.8) is 0 Å². The number of rotatable bonds is 4. The highest BCUT2D eigenvalue weighted by atomic mass is 16.5. The van der Waals surface area contributed by atoms with Gasteiger partial charge in [0.25, 0.3) is 0 Å². The minimum atomic E-state index is 0.226. The first-order chi connectivity index (χ1) is 7.79. The van der Waals surface area contributed by atoms with Crippen molar-refractivity contribution in [3.05, 3.63) is 0 Å². The maximum Gasteiger partial charge on any atom is 0.0646 e. The van der Waals surface area contributed by atoms with E-state index in [4.69, 9.17) is 4.74 Å². The summed E-state index contributed by atoms with van der Waals surface area (Å²) in [6.07, 6.45) is 2.43. The van der Waals surface area contributed by atoms with Gasteiger partial charge in [-0.3, -0.25) is 0 Å². The molecule has 0 saturated carbocycles. The van der Waals surface area contributed by atoms with Gasteiger partial charge in [0.2, 0.25) is 0 Å². The van der Waals surface area contributed by atoms with Gasteiger partial charge in [-0.2, -0.15) is 0 Å². The molecule has 2 heterocycles. The van der Waals surface area contributed by atoms with E-state index in [0.717, 1.165) is 39.3 Å². The highest BCUT2D eigenvalue weighted by molar-refractivity contribution is 4.87. The Bertz CT molecular complexity index is 196. The van der Waals surface area contributed by atoms with Crippen molar-refractivity contribution in [1.29, 1.82) is 0 Å². The van der Waals surface area contributed by atoms with Crippen LogP contribution in [0.25, 0.3) is 0 Å². The molecule has 0 aliphatic carbocycles. The van der Waals surface area contributed by atoms with Crippen LogP contribution in [0.3, 0.4) is 0 Å². The van der Waals surface area contributed by atoms with Crippen molar-refractivity contribution in [2.45, 2.75) is 25.3 Å². The lowest BCUT2D eigenvalue weighted by Gasteiger charge is -2.26. The SMILES string of the molecule is CC1(NCCN2CCCNCC2)CCOC1. The van der Waals surface area contributed by atoms with Crippen molar-refractivity contribution in [2.24, 2.45) is 0 Å². The molecule has 0 spiro atoms. The van der Waals surface area contributed by atoms with Crippen LogP contribution in [0.5, 0.6) is 0 Å². The fourth-order valence-electron chi connectivity index (χ4n) is 2.45. The first-order valence-corrected chi connectivity index (χ1v) is 6.54. The van der Waals surface area contributed by atoms with Gasteiger partial charge in [0.05, 0.1) is 6.61 Å². The van der Waals surface area contributed by atoms with Crippen molar-refractivity contribution in [1.82, 2.24) is 15.5 Å². The van der Waals surface area contributed by atoms with Crippen molar-refractivity contribution in [2.75, 3.05) is 52.5 Å². The molecule has 2 aliphatic heterocycles. The lowest BCUT2D eigenvalue weighted by atomic mass is 10.0. The Morgan fingerprint density at radius 3 is 3.12 bits per heavy atom. The topological polar surface area (TPSA) is 36.5 Å². The molecule has 0 aromatic heterocycles. The van der Waals surface area contributed by atoms with E-state index >= 15 is 0 Å². The van der Waals surface area contributed by atoms with Crippen LogP contribution >= 0.6 is 0 Å². The number of nitrogens with one attached hydrogen (secondary N) is 2. The summed E-state index contributed by atoms with van der Waals surface area (Å²) in [5.41, 5.74) is 0.226. The van der Waals surface area contributed by atoms with Crippen molar-refractivity contribution < 1.29 is 4.74 Å². The smallest absolute Gasteiger partial charge is 0.0646 e. The van der Waals surface area contributed by atoms with Gasteiger partial charge in [0.15, 0.2) is 0 Å². The summed E-state index contributed by atoms with van der Waals surface area (Å²) in [4.78, 5) is 2.55. The lowest BCUT2D eigenvalue weighted by Crippen LogP contribution is -2.46. The van der Waals surface area contributed by atoms with Crippen molar-refractivity contribution >= 4 is 0 Å². The molecular formula is C12H25N3O. The summed E-state index contributed by atoms with van der Waals surface area (Å²) in [5, 5.41) is 7.07. The second kappa shape index (κ2) is 5.96. The van der Waals surface area contributed by atoms with Crippen LogP contribution in [0.4, 0.5) is 0 Å². The molecule has 2 saturated heterocycles. The van der Waals surface area contributed by atoms with E-state index in [9.17, 15) is 0 Å². The summed E-state index contributed by atoms with van der Waals surface area (Å²) in [6.45, 7) is 11.0. The summed E-state index contributed by atoms with van der Waals surface area (Å²) in [5.74, 6) is 0. The molecule has 0 bridgehead atoms. The number of nitrogens with zero attached hydrogens (tertiary/aromatic N) is 1. The quantitative estimate of drug-likeness (QED) is 0.711. The minimum Gasteiger partial charge on any atom is -0.379 e. The zero-order valence-electron chi connectivity index (χ0n) is 10.4. The van der Waals surface area contributed by atoms with Crippen LogP contribution in [0.2, 0.25) is 0 Å². The third-order valence-electron chi connectivity index (χ3n) is 3.63. The highest BCUT2D eigenvalue weighted by Crippen LogP contribution is 2.16. The molecular weight excluding hydrogens is 202 g/mol. The fraction of sp³-hybridized carbons (Fsp3) is 1.00. The molecule has 0 radical (unpaired) electrons. The van der Waals surface area contributed by atoms with Crippen LogP contribution in [-0.2, 0) is 4.74 Å². The molecule has 4 nitrogen and oxygen atoms in total. The molecule has 0 aromatic carbocycles. The van der Waals surface area contributed by atoms with Gasteiger partial charge in [-0.15, -0.1) is 0 Å². The zero-order valence-corrected chi connectivity index (χ0v) is 10.4. The van der Waals surface area contributed by atoms with Gasteiger partial charge in [0.1, 0.15) is 0 Å². The van der Waals surface area contributed by atoms with Gasteiger partial charge < -0.3 is 20.3 Å². The van der Waals surface area contributed by atoms with Crippen molar-refractivity contribution in [3.8, 4) is 0 Å². The third-order valence-corrected chi connectivity index (χ3v) is 3.63. The Morgan fingerprint density at radius 1 is 1.38 bits per heavy atom. The molecule has 4 heteroatoms. The van der Waals surface area contributed by atoms with Gasteiger partial charge in [-0.1, -0.05) is 0 Å². The molecule has 2 N–H and O–H groups in total. The van der Waals surface area contributed by atoms with Gasteiger partial charge in [-0.05, 0) is 32.9 Å². The predicted octanol–water partition coefficient (Wildman–Crippen LogP) is 0.0503. The molecule has 0 amide bonds. The molecule has 1 atom stereocenters. The summed E-state index contributed by atoms with van der Waals surface area (Å²) < 4.78 is 5.44. The minimum absolute atomic E-state index is 0.226. The Kier molecular flexibility index (Phi) is 4.58. The lowest BCUT2D eigenvalue weighted by molar-refractivity contribution is 0.169. The highest BCUT2D eigenvalue weighted by Gasteiger charge is 2.28. The van der Waals surface area contributed by atoms with E-state index in [1.165, 1.54) is 26.1 Å². The molecule has 1 unspecified atom stereocenters. The van der Waals surface area contributed by atoms with E-state index in [0.29, 0.717) is 0 Å². The third kappa shape index (κ3) is 3.70. The maximum atomic E-state index is 5.44. The zero-order chi connectivity index (χ0) is 11.3. The average Bonchev–Trinajstić information content (AvgIpc) is 2.53. The Morgan fingerprint density at radius 2 is 2.31 bits per heavy atom. The Hall–Kier alpha value is -0.160. The number of hydrogen-bond donors (Lipinski definition) is 2. The predicted molar refractivity (Wildman–Crippen MR) is 65.8 cm³/mol. The van der Waals surface area contributed by atoms with Gasteiger partial charge in [0, 0.05) is 38.3 Å². The fourth-order valence-corrected chi connectivity index (χ4v) is 2.45. The molecule has 16 heavy (non-hydrogen) atoms. The summed E-state index contributed by atoms with van der Waals surface area (Å²) >= 11 is 0. The van der Waals surface area contributed by atoms with E-state index in [1.807, 2.05) is 0 Å². The van der Waals surface area contributed by atoms with Crippen LogP contribution in [-0.4, -0.2) is 62.9 Å². The molecule has 2 rings (SSSR count). The number of ether oxygens (including phenoxy) is 1. The molecule has 0 aromatic rings. The maximum absolute atomic E-state index is 5.44. The Labute approximate surface area is 98.7 Å². The first-order valence-electron chi connectivity index (χ1n) is 6.54. The second-order valence-corrected chi connectivity index (χ2v) is 5.24. The van der Waals surface area contributed by atoms with E-state index in [2.05, 4.69) is 22.5 Å². The van der Waals surface area contributed by atoms with Crippen LogP contribution < -0.4 is 10.6 Å². The average molecular weight is 227 g/mol. The van der Waals surface area contributed by atoms with Gasteiger partial charge in [-0.25, -0.2) is 0 Å². The molecule has 2 fully saturated rings. The molecule has 2 aliphatic rings. The van der Waals surface area contributed by atoms with E-state index in [1.54, 1.807) is 0 Å². The monoisotopic (exact) mass is 227 g/mol. The van der Waals surface area contributed by atoms with Crippen LogP contribution in [0, 0.1) is 0 Å². The Balaban J connectivity index is 1.62.